The second-order valence-electron chi connectivity index (χ2n) is 15.8. The quantitative estimate of drug-likeness (QED) is 0.107. The Bertz CT molecular complexity index is 5230. The van der Waals surface area contributed by atoms with Gasteiger partial charge in [0.1, 0.15) is 11.2 Å². The molecule has 69 heavy (non-hydrogen) atoms. The molecule has 5 nitrogen and oxygen atoms in total. The van der Waals surface area contributed by atoms with E-state index in [2.05, 4.69) is 0 Å². The third-order valence-electron chi connectivity index (χ3n) is 12.0. The Morgan fingerprint density at radius 1 is 0.391 bits per heavy atom. The Kier molecular flexibility index (Phi) is 5.61. The molecule has 0 aliphatic carbocycles. The number of aromatic nitrogens is 4. The van der Waals surface area contributed by atoms with Gasteiger partial charge in [0.2, 0.25) is 0 Å². The summed E-state index contributed by atoms with van der Waals surface area (Å²) < 4.78 is 218. The molecule has 0 bridgehead atoms. The first-order valence-corrected chi connectivity index (χ1v) is 23.5. The van der Waals surface area contributed by atoms with Gasteiger partial charge in [-0.25, -0.2) is 15.0 Å². The molecule has 0 amide bonds. The van der Waals surface area contributed by atoms with Gasteiger partial charge < -0.3 is 8.98 Å². The average Bonchev–Trinajstić information content (AvgIpc) is 1.44. The highest BCUT2D eigenvalue weighted by Crippen LogP contribution is 2.41. The standard InChI is InChI=1S/C63H42N4OSi/c1-4-24-46(25-5-1)69(47-26-6-2-7-27-47,48-28-8-3-9-29-48)49-30-19-22-44(42-49)62-64-61(43-21-18-23-45(41-43)67-56-37-15-12-32-51(56)52-33-13-16-38-57(52)67)65-63(66-62)54-34-11-10-31-50(54)53-36-20-40-59-60(53)55-35-14-17-39-58(55)68-59/h1-42H/i10D,11D,12D,13D,14D,15D,16D,17D,18D,20D,21D,23D,31D,32D,33D,34D,35D,36D,37D,38D,39D,40D,41D. The molecule has 0 atom stereocenters. The second kappa shape index (κ2) is 16.7. The van der Waals surface area contributed by atoms with E-state index >= 15 is 0 Å². The predicted octanol–water partition coefficient (Wildman–Crippen LogP) is 12.9. The maximum Gasteiger partial charge on any atom is 0.179 e. The van der Waals surface area contributed by atoms with Crippen molar-refractivity contribution < 1.29 is 35.9 Å². The molecular formula is C63H42N4OSi. The minimum Gasteiger partial charge on any atom is -0.456 e. The van der Waals surface area contributed by atoms with Gasteiger partial charge >= 0.3 is 0 Å². The molecule has 324 valence electrons. The van der Waals surface area contributed by atoms with E-state index in [-0.39, 0.29) is 11.4 Å². The first-order chi connectivity index (χ1) is 43.8. The van der Waals surface area contributed by atoms with Crippen LogP contribution in [0.1, 0.15) is 31.5 Å². The van der Waals surface area contributed by atoms with Gasteiger partial charge in [-0.15, -0.1) is 0 Å². The van der Waals surface area contributed by atoms with Crippen LogP contribution in [0.3, 0.4) is 0 Å². The smallest absolute Gasteiger partial charge is 0.179 e. The Balaban J connectivity index is 1.20. The SMILES string of the molecule is [2H]c1c([2H])c([2H])c(-c2c([2H])c([2H])c([2H])c3oc4c([2H])c([2H])c([2H])c([2H])c4c23)c(-c2nc(-c3cccc([Si](c4ccccc4)(c4ccccc4)c4ccccc4)c3)nc(-c3c([2H])c([2H])c([2H])c(-n4c5c([2H])c([2H])c([2H])c([2H])c5c5c([2H])c([2H])c([2H])c([2H])c54)c3[2H])n2)c1[2H]. The summed E-state index contributed by atoms with van der Waals surface area (Å²) in [7, 11) is -3.43. The van der Waals surface area contributed by atoms with Crippen LogP contribution in [0.2, 0.25) is 0 Å². The number of benzene rings is 10. The van der Waals surface area contributed by atoms with Crippen LogP contribution in [0.25, 0.3) is 94.7 Å². The molecule has 0 saturated heterocycles. The molecule has 6 heteroatoms. The Morgan fingerprint density at radius 3 is 1.57 bits per heavy atom. The zero-order chi connectivity index (χ0) is 65.7. The molecule has 0 aliphatic heterocycles. The Labute approximate surface area is 432 Å². The molecule has 13 rings (SSSR count). The summed E-state index contributed by atoms with van der Waals surface area (Å²) >= 11 is 0. The molecule has 10 aromatic carbocycles. The maximum absolute atomic E-state index is 10.2. The maximum atomic E-state index is 10.2. The lowest BCUT2D eigenvalue weighted by Gasteiger charge is -2.34. The summed E-state index contributed by atoms with van der Waals surface area (Å²) in [5.74, 6) is -1.69. The monoisotopic (exact) mass is 921 g/mol. The van der Waals surface area contributed by atoms with Crippen molar-refractivity contribution in [1.29, 1.82) is 0 Å². The fraction of sp³-hybridized carbons (Fsp3) is 0. The van der Waals surface area contributed by atoms with E-state index in [1.165, 1.54) is 0 Å². The molecule has 3 heterocycles. The summed E-state index contributed by atoms with van der Waals surface area (Å²) in [5.41, 5.74) is -5.17. The fourth-order valence-corrected chi connectivity index (χ4v) is 13.9. The van der Waals surface area contributed by atoms with Crippen LogP contribution in [0, 0.1) is 0 Å². The highest BCUT2D eigenvalue weighted by Gasteiger charge is 2.41. The molecule has 0 spiro atoms. The second-order valence-corrected chi connectivity index (χ2v) is 19.6. The Hall–Kier alpha value is -8.97. The first-order valence-electron chi connectivity index (χ1n) is 33.0. The number of para-hydroxylation sites is 3. The lowest BCUT2D eigenvalue weighted by Crippen LogP contribution is -2.74. The van der Waals surface area contributed by atoms with Gasteiger partial charge in [-0.2, -0.15) is 0 Å². The highest BCUT2D eigenvalue weighted by molar-refractivity contribution is 7.19. The number of fused-ring (bicyclic) bond motifs is 6. The van der Waals surface area contributed by atoms with Crippen molar-refractivity contribution in [2.24, 2.45) is 0 Å². The van der Waals surface area contributed by atoms with Crippen LogP contribution in [-0.4, -0.2) is 27.6 Å². The molecule has 0 radical (unpaired) electrons. The largest absolute Gasteiger partial charge is 0.456 e. The molecule has 13 aromatic rings. The molecule has 0 N–H and O–H groups in total. The van der Waals surface area contributed by atoms with Crippen LogP contribution in [-0.2, 0) is 0 Å². The number of hydrogen-bond donors (Lipinski definition) is 0. The Morgan fingerprint density at radius 2 is 0.899 bits per heavy atom. The summed E-state index contributed by atoms with van der Waals surface area (Å²) in [6.45, 7) is 0. The highest BCUT2D eigenvalue weighted by atomic mass is 28.3. The van der Waals surface area contributed by atoms with Crippen LogP contribution in [0.5, 0.6) is 0 Å². The van der Waals surface area contributed by atoms with Crippen LogP contribution in [0.4, 0.5) is 0 Å². The van der Waals surface area contributed by atoms with Crippen molar-refractivity contribution in [3.8, 4) is 51.0 Å². The lowest BCUT2D eigenvalue weighted by molar-refractivity contribution is 0.669. The molecule has 0 saturated carbocycles. The van der Waals surface area contributed by atoms with Gasteiger partial charge in [0, 0.05) is 43.9 Å². The van der Waals surface area contributed by atoms with E-state index in [1.807, 2.05) is 103 Å². The van der Waals surface area contributed by atoms with Crippen molar-refractivity contribution >= 4 is 72.6 Å². The number of furan rings is 1. The summed E-state index contributed by atoms with van der Waals surface area (Å²) in [5, 5.41) is 1.93. The fourth-order valence-electron chi connectivity index (χ4n) is 9.10. The minimum atomic E-state index is -3.43. The third kappa shape index (κ3) is 6.72. The van der Waals surface area contributed by atoms with Crippen molar-refractivity contribution in [3.63, 3.8) is 0 Å². The lowest BCUT2D eigenvalue weighted by atomic mass is 9.95. The van der Waals surface area contributed by atoms with Crippen molar-refractivity contribution in [2.45, 2.75) is 0 Å². The minimum absolute atomic E-state index is 0.192. The van der Waals surface area contributed by atoms with Crippen molar-refractivity contribution in [2.75, 3.05) is 0 Å². The van der Waals surface area contributed by atoms with Crippen LogP contribution < -0.4 is 20.7 Å². The van der Waals surface area contributed by atoms with E-state index in [1.54, 1.807) is 12.1 Å². The van der Waals surface area contributed by atoms with E-state index in [0.717, 1.165) is 25.3 Å². The summed E-state index contributed by atoms with van der Waals surface area (Å²) in [4.78, 5) is 14.7. The van der Waals surface area contributed by atoms with E-state index in [9.17, 15) is 13.7 Å². The topological polar surface area (TPSA) is 56.7 Å². The number of hydrogen-bond acceptors (Lipinski definition) is 4. The van der Waals surface area contributed by atoms with Crippen molar-refractivity contribution in [3.05, 3.63) is 254 Å². The molecular weight excluding hydrogens is 857 g/mol. The van der Waals surface area contributed by atoms with Gasteiger partial charge in [-0.1, -0.05) is 218 Å². The van der Waals surface area contributed by atoms with E-state index in [4.69, 9.17) is 37.2 Å². The van der Waals surface area contributed by atoms with Gasteiger partial charge in [-0.3, -0.25) is 0 Å². The average molecular weight is 922 g/mol. The van der Waals surface area contributed by atoms with E-state index < -0.39 is 230 Å². The van der Waals surface area contributed by atoms with E-state index in [0.29, 0.717) is 0 Å². The van der Waals surface area contributed by atoms with Crippen LogP contribution in [0.15, 0.2) is 259 Å². The molecule has 0 aliphatic rings. The predicted molar refractivity (Wildman–Crippen MR) is 287 cm³/mol. The third-order valence-corrected chi connectivity index (χ3v) is 16.8. The van der Waals surface area contributed by atoms with Gasteiger partial charge in [-0.05, 0) is 68.1 Å². The molecule has 0 fully saturated rings. The molecule has 3 aromatic heterocycles. The zero-order valence-corrected chi connectivity index (χ0v) is 36.7. The first kappa shape index (κ1) is 23.2. The summed E-state index contributed by atoms with van der Waals surface area (Å²) in [6.07, 6.45) is 0. The number of nitrogens with zero attached hydrogens (tertiary/aromatic N) is 4. The van der Waals surface area contributed by atoms with Gasteiger partial charge in [0.05, 0.1) is 42.6 Å². The van der Waals surface area contributed by atoms with Gasteiger partial charge in [0.25, 0.3) is 0 Å². The summed E-state index contributed by atoms with van der Waals surface area (Å²) in [6, 6.07) is 17.6. The zero-order valence-electron chi connectivity index (χ0n) is 58.7. The number of rotatable bonds is 9. The normalized spacial score (nSPS) is 16.4. The van der Waals surface area contributed by atoms with Gasteiger partial charge in [0.15, 0.2) is 25.5 Å². The van der Waals surface area contributed by atoms with Crippen LogP contribution >= 0.6 is 0 Å². The molecule has 0 unspecified atom stereocenters. The van der Waals surface area contributed by atoms with Crippen molar-refractivity contribution in [1.82, 2.24) is 19.5 Å².